The maximum absolute atomic E-state index is 13.6. The molecule has 0 aliphatic heterocycles. The van der Waals surface area contributed by atoms with Crippen molar-refractivity contribution in [3.63, 3.8) is 0 Å². The predicted molar refractivity (Wildman–Crippen MR) is 73.9 cm³/mol. The Morgan fingerprint density at radius 2 is 1.84 bits per heavy atom. The molecule has 1 rings (SSSR count). The molecule has 0 saturated heterocycles. The van der Waals surface area contributed by atoms with Crippen molar-refractivity contribution in [3.05, 3.63) is 29.6 Å². The van der Waals surface area contributed by atoms with E-state index in [1.807, 2.05) is 13.8 Å². The van der Waals surface area contributed by atoms with E-state index in [4.69, 9.17) is 0 Å². The third-order valence-corrected chi connectivity index (χ3v) is 4.06. The normalized spacial score (nSPS) is 11.7. The van der Waals surface area contributed by atoms with Crippen LogP contribution in [-0.2, 0) is 16.6 Å². The third-order valence-electron chi connectivity index (χ3n) is 2.58. The molecule has 0 aliphatic rings. The molecule has 0 aliphatic carbocycles. The van der Waals surface area contributed by atoms with Crippen molar-refractivity contribution in [2.45, 2.75) is 38.1 Å². The summed E-state index contributed by atoms with van der Waals surface area (Å²) in [4.78, 5) is -0.281. The van der Waals surface area contributed by atoms with Gasteiger partial charge in [-0.25, -0.2) is 17.5 Å². The highest BCUT2D eigenvalue weighted by Crippen LogP contribution is 2.16. The van der Waals surface area contributed by atoms with Crippen LogP contribution < -0.4 is 10.0 Å². The Kier molecular flexibility index (Phi) is 6.41. The molecule has 0 radical (unpaired) electrons. The summed E-state index contributed by atoms with van der Waals surface area (Å²) >= 11 is 0. The largest absolute Gasteiger partial charge is 0.313 e. The first-order chi connectivity index (χ1) is 9.01. The first-order valence-electron chi connectivity index (χ1n) is 6.50. The molecular weight excluding hydrogens is 267 g/mol. The lowest BCUT2D eigenvalue weighted by Crippen LogP contribution is -2.25. The first kappa shape index (κ1) is 16.1. The molecule has 6 heteroatoms. The van der Waals surface area contributed by atoms with Crippen molar-refractivity contribution in [3.8, 4) is 0 Å². The summed E-state index contributed by atoms with van der Waals surface area (Å²) in [5.74, 6) is -0.720. The quantitative estimate of drug-likeness (QED) is 0.720. The Balaban J connectivity index is 2.90. The lowest BCUT2D eigenvalue weighted by molar-refractivity contribution is 0.555. The van der Waals surface area contributed by atoms with Crippen LogP contribution in [0.25, 0.3) is 0 Å². The van der Waals surface area contributed by atoms with Crippen molar-refractivity contribution in [2.24, 2.45) is 0 Å². The monoisotopic (exact) mass is 288 g/mol. The average Bonchev–Trinajstić information content (AvgIpc) is 2.38. The van der Waals surface area contributed by atoms with Gasteiger partial charge in [0.25, 0.3) is 0 Å². The molecule has 2 N–H and O–H groups in total. The van der Waals surface area contributed by atoms with Gasteiger partial charge in [-0.05, 0) is 37.1 Å². The Labute approximate surface area is 114 Å². The fourth-order valence-corrected chi connectivity index (χ4v) is 2.85. The van der Waals surface area contributed by atoms with Gasteiger partial charge in [0.15, 0.2) is 0 Å². The summed E-state index contributed by atoms with van der Waals surface area (Å²) < 4.78 is 39.9. The Morgan fingerprint density at radius 1 is 1.16 bits per heavy atom. The first-order valence-corrected chi connectivity index (χ1v) is 7.98. The van der Waals surface area contributed by atoms with Crippen LogP contribution in [0.3, 0.4) is 0 Å². The molecule has 0 amide bonds. The van der Waals surface area contributed by atoms with E-state index < -0.39 is 15.8 Å². The SMILES string of the molecule is CCCNCc1ccc(F)c(S(=O)(=O)NCCC)c1. The van der Waals surface area contributed by atoms with Gasteiger partial charge in [0.1, 0.15) is 10.7 Å². The summed E-state index contributed by atoms with van der Waals surface area (Å²) in [5.41, 5.74) is 0.756. The van der Waals surface area contributed by atoms with Crippen molar-refractivity contribution in [1.82, 2.24) is 10.0 Å². The van der Waals surface area contributed by atoms with E-state index in [-0.39, 0.29) is 4.90 Å². The number of rotatable bonds is 8. The van der Waals surface area contributed by atoms with Crippen molar-refractivity contribution >= 4 is 10.0 Å². The summed E-state index contributed by atoms with van der Waals surface area (Å²) in [6, 6.07) is 4.18. The second-order valence-electron chi connectivity index (χ2n) is 4.34. The summed E-state index contributed by atoms with van der Waals surface area (Å²) in [6.07, 6.45) is 1.66. The van der Waals surface area contributed by atoms with E-state index >= 15 is 0 Å². The summed E-state index contributed by atoms with van der Waals surface area (Å²) in [7, 11) is -3.76. The lowest BCUT2D eigenvalue weighted by Gasteiger charge is -2.09. The number of halogens is 1. The topological polar surface area (TPSA) is 58.2 Å². The maximum atomic E-state index is 13.6. The van der Waals surface area contributed by atoms with Crippen LogP contribution in [0.15, 0.2) is 23.1 Å². The van der Waals surface area contributed by atoms with E-state index in [9.17, 15) is 12.8 Å². The molecule has 0 saturated carbocycles. The van der Waals surface area contributed by atoms with Gasteiger partial charge in [0.2, 0.25) is 10.0 Å². The van der Waals surface area contributed by atoms with Crippen LogP contribution in [0.5, 0.6) is 0 Å². The molecule has 1 aromatic carbocycles. The Bertz CT molecular complexity index is 503. The highest BCUT2D eigenvalue weighted by molar-refractivity contribution is 7.89. The van der Waals surface area contributed by atoms with Gasteiger partial charge in [-0.15, -0.1) is 0 Å². The summed E-state index contributed by atoms with van der Waals surface area (Å²) in [5, 5.41) is 3.15. The van der Waals surface area contributed by atoms with Crippen LogP contribution in [0.1, 0.15) is 32.3 Å². The molecule has 0 aromatic heterocycles. The predicted octanol–water partition coefficient (Wildman–Crippen LogP) is 2.01. The fraction of sp³-hybridized carbons (Fsp3) is 0.538. The molecule has 0 fully saturated rings. The number of sulfonamides is 1. The number of hydrogen-bond acceptors (Lipinski definition) is 3. The average molecular weight is 288 g/mol. The standard InChI is InChI=1S/C13H21FN2O2S/c1-3-7-15-10-11-5-6-12(14)13(9-11)19(17,18)16-8-4-2/h5-6,9,15-16H,3-4,7-8,10H2,1-2H3. The molecule has 0 spiro atoms. The maximum Gasteiger partial charge on any atom is 0.243 e. The molecule has 1 aromatic rings. The molecule has 0 heterocycles. The number of hydrogen-bond donors (Lipinski definition) is 2. The van der Waals surface area contributed by atoms with Gasteiger partial charge in [-0.3, -0.25) is 0 Å². The van der Waals surface area contributed by atoms with Crippen LogP contribution in [0.2, 0.25) is 0 Å². The second-order valence-corrected chi connectivity index (χ2v) is 6.07. The number of benzene rings is 1. The zero-order valence-electron chi connectivity index (χ0n) is 11.4. The van der Waals surface area contributed by atoms with Gasteiger partial charge in [-0.2, -0.15) is 0 Å². The van der Waals surface area contributed by atoms with Crippen molar-refractivity contribution < 1.29 is 12.8 Å². The number of nitrogens with one attached hydrogen (secondary N) is 2. The van der Waals surface area contributed by atoms with Crippen LogP contribution >= 0.6 is 0 Å². The van der Waals surface area contributed by atoms with Crippen LogP contribution in [-0.4, -0.2) is 21.5 Å². The molecule has 19 heavy (non-hydrogen) atoms. The van der Waals surface area contributed by atoms with Gasteiger partial charge >= 0.3 is 0 Å². The van der Waals surface area contributed by atoms with Crippen LogP contribution in [0, 0.1) is 5.82 Å². The Hall–Kier alpha value is -0.980. The van der Waals surface area contributed by atoms with E-state index in [0.717, 1.165) is 18.5 Å². The lowest BCUT2D eigenvalue weighted by atomic mass is 10.2. The Morgan fingerprint density at radius 3 is 2.47 bits per heavy atom. The third kappa shape index (κ3) is 4.89. The van der Waals surface area contributed by atoms with Gasteiger partial charge in [0.05, 0.1) is 0 Å². The van der Waals surface area contributed by atoms with E-state index in [1.54, 1.807) is 6.07 Å². The van der Waals surface area contributed by atoms with E-state index in [1.165, 1.54) is 12.1 Å². The summed E-state index contributed by atoms with van der Waals surface area (Å²) in [6.45, 7) is 5.57. The zero-order valence-corrected chi connectivity index (χ0v) is 12.2. The zero-order chi connectivity index (χ0) is 14.3. The molecule has 0 atom stereocenters. The van der Waals surface area contributed by atoms with Gasteiger partial charge in [0, 0.05) is 13.1 Å². The van der Waals surface area contributed by atoms with Gasteiger partial charge < -0.3 is 5.32 Å². The van der Waals surface area contributed by atoms with Crippen molar-refractivity contribution in [2.75, 3.05) is 13.1 Å². The van der Waals surface area contributed by atoms with Crippen molar-refractivity contribution in [1.29, 1.82) is 0 Å². The molecule has 108 valence electrons. The van der Waals surface area contributed by atoms with E-state index in [2.05, 4.69) is 10.0 Å². The minimum absolute atomic E-state index is 0.281. The molecule has 0 unspecified atom stereocenters. The minimum atomic E-state index is -3.76. The fourth-order valence-electron chi connectivity index (χ4n) is 1.59. The molecule has 0 bridgehead atoms. The second kappa shape index (κ2) is 7.57. The van der Waals surface area contributed by atoms with Crippen LogP contribution in [0.4, 0.5) is 4.39 Å². The molecular formula is C13H21FN2O2S. The van der Waals surface area contributed by atoms with E-state index in [0.29, 0.717) is 19.5 Å². The highest BCUT2D eigenvalue weighted by atomic mass is 32.2. The highest BCUT2D eigenvalue weighted by Gasteiger charge is 2.18. The molecule has 4 nitrogen and oxygen atoms in total. The minimum Gasteiger partial charge on any atom is -0.313 e. The smallest absolute Gasteiger partial charge is 0.243 e. The van der Waals surface area contributed by atoms with Gasteiger partial charge in [-0.1, -0.05) is 19.9 Å².